The number of allylic oxidation sites excluding steroid dienone is 2. The number of rotatable bonds is 19. The Morgan fingerprint density at radius 1 is 0.821 bits per heavy atom. The van der Waals surface area contributed by atoms with Gasteiger partial charge in [-0.25, -0.2) is 0 Å². The molecule has 0 saturated carbocycles. The van der Waals surface area contributed by atoms with Crippen LogP contribution in [0, 0.1) is 0 Å². The molecule has 0 bridgehead atoms. The second-order valence-electron chi connectivity index (χ2n) is 7.38. The first-order valence-corrected chi connectivity index (χ1v) is 10.6. The Morgan fingerprint density at radius 3 is 1.86 bits per heavy atom. The minimum Gasteiger partial charge on any atom is -0.463 e. The number of ether oxygens (including phenoxy) is 1. The minimum atomic E-state index is -2.51. The van der Waals surface area contributed by atoms with Gasteiger partial charge in [0.05, 0.1) is 6.61 Å². The van der Waals surface area contributed by atoms with Crippen molar-refractivity contribution in [1.29, 1.82) is 0 Å². The Bertz CT molecular complexity index is 391. The zero-order chi connectivity index (χ0) is 21.1. The molecule has 0 spiro atoms. The predicted octanol–water partition coefficient (Wildman–Crippen LogP) is 2.53. The maximum atomic E-state index is 11.4. The van der Waals surface area contributed by atoms with Crippen molar-refractivity contribution < 1.29 is 35.1 Å². The van der Waals surface area contributed by atoms with E-state index in [4.69, 9.17) is 30.3 Å². The second-order valence-corrected chi connectivity index (χ2v) is 7.38. The summed E-state index contributed by atoms with van der Waals surface area (Å²) >= 11 is 0. The van der Waals surface area contributed by atoms with E-state index in [2.05, 4.69) is 12.2 Å². The number of unbranched alkanes of at least 4 members (excludes halogenated alkanes) is 10. The van der Waals surface area contributed by atoms with Gasteiger partial charge < -0.3 is 30.3 Å². The minimum absolute atomic E-state index is 0.00570. The Kier molecular flexibility index (Phi) is 17.4. The van der Waals surface area contributed by atoms with E-state index in [9.17, 15) is 4.79 Å². The zero-order valence-electron chi connectivity index (χ0n) is 17.1. The van der Waals surface area contributed by atoms with Gasteiger partial charge >= 0.3 is 5.97 Å². The molecule has 0 aromatic heterocycles. The third kappa shape index (κ3) is 21.3. The van der Waals surface area contributed by atoms with E-state index in [1.165, 1.54) is 0 Å². The van der Waals surface area contributed by atoms with Crippen molar-refractivity contribution in [3.05, 3.63) is 12.2 Å². The number of carbonyl (C=O) groups is 1. The van der Waals surface area contributed by atoms with Crippen molar-refractivity contribution in [2.75, 3.05) is 13.2 Å². The van der Waals surface area contributed by atoms with Crippen molar-refractivity contribution in [2.45, 2.75) is 102 Å². The quantitative estimate of drug-likeness (QED) is 0.0968. The van der Waals surface area contributed by atoms with Gasteiger partial charge in [-0.05, 0) is 38.5 Å². The second kappa shape index (κ2) is 18.1. The van der Waals surface area contributed by atoms with E-state index in [1.807, 2.05) is 0 Å². The van der Waals surface area contributed by atoms with Crippen molar-refractivity contribution >= 4 is 5.97 Å². The van der Waals surface area contributed by atoms with E-state index in [1.54, 1.807) is 0 Å². The molecule has 0 saturated heterocycles. The summed E-state index contributed by atoms with van der Waals surface area (Å²) in [5.74, 6) is -2.83. The summed E-state index contributed by atoms with van der Waals surface area (Å²) in [5.41, 5.74) is 0. The lowest BCUT2D eigenvalue weighted by atomic mass is 10.1. The fourth-order valence-electron chi connectivity index (χ4n) is 2.77. The van der Waals surface area contributed by atoms with Gasteiger partial charge in [0.15, 0.2) is 0 Å². The average molecular weight is 405 g/mol. The van der Waals surface area contributed by atoms with Gasteiger partial charge in [-0.1, -0.05) is 50.7 Å². The molecule has 1 unspecified atom stereocenters. The summed E-state index contributed by atoms with van der Waals surface area (Å²) in [6.45, 7) is -0.538. The SMILES string of the molecule is O=C(CCCCCCC/C=C\CCCCCCCC(O)(O)O)OCC(O)CO. The Labute approximate surface area is 169 Å². The Balaban J connectivity index is 3.27. The van der Waals surface area contributed by atoms with E-state index in [0.717, 1.165) is 70.6 Å². The molecule has 0 fully saturated rings. The normalized spacial score (nSPS) is 13.2. The third-order valence-corrected chi connectivity index (χ3v) is 4.45. The van der Waals surface area contributed by atoms with Crippen LogP contribution in [0.3, 0.4) is 0 Å². The van der Waals surface area contributed by atoms with Gasteiger partial charge in [-0.3, -0.25) is 4.79 Å². The fraction of sp³-hybridized carbons (Fsp3) is 0.857. The first kappa shape index (κ1) is 27.0. The van der Waals surface area contributed by atoms with Crippen LogP contribution in [0.4, 0.5) is 0 Å². The van der Waals surface area contributed by atoms with Crippen LogP contribution >= 0.6 is 0 Å². The molecule has 0 heterocycles. The maximum Gasteiger partial charge on any atom is 0.305 e. The molecule has 0 aliphatic heterocycles. The highest BCUT2D eigenvalue weighted by molar-refractivity contribution is 5.69. The lowest BCUT2D eigenvalue weighted by molar-refractivity contribution is -0.315. The molecule has 5 N–H and O–H groups in total. The molecule has 0 radical (unpaired) electrons. The van der Waals surface area contributed by atoms with Crippen LogP contribution in [0.1, 0.15) is 89.9 Å². The Morgan fingerprint density at radius 2 is 1.32 bits per heavy atom. The maximum absolute atomic E-state index is 11.4. The molecule has 0 aromatic rings. The third-order valence-electron chi connectivity index (χ3n) is 4.45. The van der Waals surface area contributed by atoms with Crippen molar-refractivity contribution in [3.63, 3.8) is 0 Å². The zero-order valence-corrected chi connectivity index (χ0v) is 17.1. The largest absolute Gasteiger partial charge is 0.463 e. The Hall–Kier alpha value is -0.990. The highest BCUT2D eigenvalue weighted by Crippen LogP contribution is 2.12. The van der Waals surface area contributed by atoms with E-state index < -0.39 is 18.7 Å². The first-order valence-electron chi connectivity index (χ1n) is 10.6. The molecule has 166 valence electrons. The number of hydrogen-bond donors (Lipinski definition) is 5. The van der Waals surface area contributed by atoms with Gasteiger partial charge in [0.2, 0.25) is 0 Å². The van der Waals surface area contributed by atoms with Crippen molar-refractivity contribution in [3.8, 4) is 0 Å². The van der Waals surface area contributed by atoms with E-state index in [0.29, 0.717) is 12.8 Å². The molecule has 1 atom stereocenters. The molecular formula is C21H40O7. The highest BCUT2D eigenvalue weighted by Gasteiger charge is 2.16. The van der Waals surface area contributed by atoms with Gasteiger partial charge in [0.25, 0.3) is 5.97 Å². The molecular weight excluding hydrogens is 364 g/mol. The van der Waals surface area contributed by atoms with Crippen LogP contribution in [0.15, 0.2) is 12.2 Å². The summed E-state index contributed by atoms with van der Waals surface area (Å²) in [5, 5.41) is 44.0. The van der Waals surface area contributed by atoms with Crippen LogP contribution in [0.5, 0.6) is 0 Å². The number of aliphatic hydroxyl groups is 5. The molecule has 0 aliphatic rings. The van der Waals surface area contributed by atoms with E-state index >= 15 is 0 Å². The van der Waals surface area contributed by atoms with Gasteiger partial charge in [0, 0.05) is 12.8 Å². The predicted molar refractivity (Wildman–Crippen MR) is 107 cm³/mol. The molecule has 0 aliphatic carbocycles. The summed E-state index contributed by atoms with van der Waals surface area (Å²) < 4.78 is 4.84. The van der Waals surface area contributed by atoms with Crippen LogP contribution in [-0.2, 0) is 9.53 Å². The summed E-state index contributed by atoms with van der Waals surface area (Å²) in [7, 11) is 0. The summed E-state index contributed by atoms with van der Waals surface area (Å²) in [6, 6.07) is 0. The summed E-state index contributed by atoms with van der Waals surface area (Å²) in [6.07, 6.45) is 15.9. The monoisotopic (exact) mass is 404 g/mol. The van der Waals surface area contributed by atoms with Crippen molar-refractivity contribution in [2.24, 2.45) is 0 Å². The van der Waals surface area contributed by atoms with Crippen LogP contribution in [0.2, 0.25) is 0 Å². The van der Waals surface area contributed by atoms with Crippen LogP contribution in [-0.4, -0.2) is 56.8 Å². The number of esters is 1. The van der Waals surface area contributed by atoms with Crippen LogP contribution in [0.25, 0.3) is 0 Å². The van der Waals surface area contributed by atoms with Crippen LogP contribution < -0.4 is 0 Å². The lowest BCUT2D eigenvalue weighted by Crippen LogP contribution is -2.26. The van der Waals surface area contributed by atoms with Crippen molar-refractivity contribution in [1.82, 2.24) is 0 Å². The number of carbonyl (C=O) groups excluding carboxylic acids is 1. The van der Waals surface area contributed by atoms with E-state index in [-0.39, 0.29) is 19.0 Å². The molecule has 0 aromatic carbocycles. The van der Waals surface area contributed by atoms with Gasteiger partial charge in [-0.15, -0.1) is 0 Å². The number of aliphatic hydroxyl groups excluding tert-OH is 2. The fourth-order valence-corrected chi connectivity index (χ4v) is 2.77. The standard InChI is InChI=1S/C21H40O7/c22-17-19(23)18-28-20(24)15-13-11-9-7-5-3-1-2-4-6-8-10-12-14-16-21(25,26)27/h1-2,19,22-23,25-27H,3-18H2/b2-1-. The number of hydrogen-bond acceptors (Lipinski definition) is 7. The molecule has 28 heavy (non-hydrogen) atoms. The van der Waals surface area contributed by atoms with Gasteiger partial charge in [-0.2, -0.15) is 0 Å². The van der Waals surface area contributed by atoms with Gasteiger partial charge in [0.1, 0.15) is 12.7 Å². The molecule has 7 heteroatoms. The molecule has 0 rings (SSSR count). The molecule has 0 amide bonds. The molecule has 7 nitrogen and oxygen atoms in total. The smallest absolute Gasteiger partial charge is 0.305 e. The summed E-state index contributed by atoms with van der Waals surface area (Å²) in [4.78, 5) is 11.4. The lowest BCUT2D eigenvalue weighted by Gasteiger charge is -2.12. The first-order chi connectivity index (χ1) is 13.3. The topological polar surface area (TPSA) is 127 Å². The highest BCUT2D eigenvalue weighted by atomic mass is 16.7. The average Bonchev–Trinajstić information content (AvgIpc) is 2.64.